The lowest BCUT2D eigenvalue weighted by Crippen LogP contribution is -2.18. The van der Waals surface area contributed by atoms with Crippen molar-refractivity contribution in [1.82, 2.24) is 0 Å². The first kappa shape index (κ1) is 11.5. The molecule has 15 heavy (non-hydrogen) atoms. The Bertz CT molecular complexity index is 471. The minimum atomic E-state index is -3.55. The van der Waals surface area contributed by atoms with Gasteiger partial charge in [0.25, 0.3) is 0 Å². The van der Waals surface area contributed by atoms with Crippen LogP contribution in [0.1, 0.15) is 6.42 Å². The molecule has 0 bridgehead atoms. The number of hydrogen-bond acceptors (Lipinski definition) is 3. The number of hydrogen-bond donors (Lipinski definition) is 0. The van der Waals surface area contributed by atoms with Gasteiger partial charge in [-0.2, -0.15) is 5.26 Å². The number of nitriles is 1. The molecule has 0 fully saturated rings. The molecule has 0 heterocycles. The molecular formula is C11H11NO2S. The molecule has 4 heteroatoms. The fourth-order valence-electron chi connectivity index (χ4n) is 1.17. The maximum absolute atomic E-state index is 11.9. The zero-order valence-corrected chi connectivity index (χ0v) is 8.94. The van der Waals surface area contributed by atoms with Crippen LogP contribution in [0.4, 0.5) is 0 Å². The van der Waals surface area contributed by atoms with Gasteiger partial charge in [0, 0.05) is 0 Å². The van der Waals surface area contributed by atoms with E-state index in [0.717, 1.165) is 0 Å². The van der Waals surface area contributed by atoms with Crippen molar-refractivity contribution in [1.29, 1.82) is 5.26 Å². The van der Waals surface area contributed by atoms with Gasteiger partial charge in [-0.05, 0) is 18.6 Å². The Labute approximate surface area is 89.6 Å². The summed E-state index contributed by atoms with van der Waals surface area (Å²) in [5.74, 6) is 0. The monoisotopic (exact) mass is 221 g/mol. The summed E-state index contributed by atoms with van der Waals surface area (Å²) >= 11 is 0. The van der Waals surface area contributed by atoms with E-state index < -0.39 is 15.1 Å². The molecule has 1 unspecified atom stereocenters. The van der Waals surface area contributed by atoms with Crippen LogP contribution >= 0.6 is 0 Å². The molecule has 0 N–H and O–H groups in total. The zero-order chi connectivity index (χ0) is 11.3. The molecule has 0 amide bonds. The highest BCUT2D eigenvalue weighted by Gasteiger charge is 2.25. The Morgan fingerprint density at radius 1 is 1.40 bits per heavy atom. The van der Waals surface area contributed by atoms with Gasteiger partial charge in [0.2, 0.25) is 0 Å². The summed E-state index contributed by atoms with van der Waals surface area (Å²) in [5, 5.41) is 7.73. The number of sulfone groups is 1. The van der Waals surface area contributed by atoms with Crippen LogP contribution in [-0.4, -0.2) is 13.7 Å². The van der Waals surface area contributed by atoms with Gasteiger partial charge in [-0.1, -0.05) is 24.3 Å². The van der Waals surface area contributed by atoms with Crippen LogP contribution in [0.3, 0.4) is 0 Å². The van der Waals surface area contributed by atoms with Gasteiger partial charge >= 0.3 is 0 Å². The quantitative estimate of drug-likeness (QED) is 0.730. The van der Waals surface area contributed by atoms with Gasteiger partial charge in [-0.3, -0.25) is 0 Å². The zero-order valence-electron chi connectivity index (χ0n) is 8.13. The largest absolute Gasteiger partial charge is 0.222 e. The Morgan fingerprint density at radius 2 is 2.00 bits per heavy atom. The Hall–Kier alpha value is -1.60. The molecular weight excluding hydrogens is 210 g/mol. The fraction of sp³-hybridized carbons (Fsp3) is 0.182. The van der Waals surface area contributed by atoms with Gasteiger partial charge in [0.05, 0.1) is 11.0 Å². The number of allylic oxidation sites excluding steroid dienone is 1. The van der Waals surface area contributed by atoms with Gasteiger partial charge < -0.3 is 0 Å². The first-order valence-electron chi connectivity index (χ1n) is 4.42. The summed E-state index contributed by atoms with van der Waals surface area (Å²) in [5.41, 5.74) is 0. The van der Waals surface area contributed by atoms with E-state index in [-0.39, 0.29) is 11.3 Å². The second-order valence-corrected chi connectivity index (χ2v) is 5.13. The molecule has 78 valence electrons. The van der Waals surface area contributed by atoms with E-state index in [4.69, 9.17) is 5.26 Å². The molecule has 0 spiro atoms. The first-order valence-corrected chi connectivity index (χ1v) is 5.97. The second kappa shape index (κ2) is 4.76. The van der Waals surface area contributed by atoms with E-state index in [1.54, 1.807) is 24.3 Å². The third-order valence-corrected chi connectivity index (χ3v) is 3.95. The summed E-state index contributed by atoms with van der Waals surface area (Å²) in [7, 11) is -3.55. The van der Waals surface area contributed by atoms with Gasteiger partial charge in [-0.15, -0.1) is 6.58 Å². The van der Waals surface area contributed by atoms with Crippen molar-refractivity contribution in [3.8, 4) is 6.07 Å². The third kappa shape index (κ3) is 2.45. The van der Waals surface area contributed by atoms with Crippen LogP contribution in [0.25, 0.3) is 0 Å². The van der Waals surface area contributed by atoms with Crippen molar-refractivity contribution in [2.45, 2.75) is 16.6 Å². The highest BCUT2D eigenvalue weighted by molar-refractivity contribution is 7.92. The fourth-order valence-corrected chi connectivity index (χ4v) is 2.57. The van der Waals surface area contributed by atoms with Crippen molar-refractivity contribution >= 4 is 9.84 Å². The molecule has 0 aliphatic heterocycles. The van der Waals surface area contributed by atoms with E-state index in [0.29, 0.717) is 0 Å². The molecule has 0 radical (unpaired) electrons. The molecule has 0 aliphatic rings. The van der Waals surface area contributed by atoms with Crippen molar-refractivity contribution < 1.29 is 8.42 Å². The molecule has 0 aliphatic carbocycles. The van der Waals surface area contributed by atoms with E-state index in [2.05, 4.69) is 6.58 Å². The minimum absolute atomic E-state index is 0.147. The van der Waals surface area contributed by atoms with E-state index in [1.807, 2.05) is 0 Å². The first-order chi connectivity index (χ1) is 7.12. The Morgan fingerprint density at radius 3 is 2.47 bits per heavy atom. The lowest BCUT2D eigenvalue weighted by atomic mass is 10.3. The lowest BCUT2D eigenvalue weighted by Gasteiger charge is -2.07. The van der Waals surface area contributed by atoms with Crippen molar-refractivity contribution in [3.05, 3.63) is 43.0 Å². The molecule has 0 saturated carbocycles. The molecule has 3 nitrogen and oxygen atoms in total. The summed E-state index contributed by atoms with van der Waals surface area (Å²) in [6.45, 7) is 3.44. The van der Waals surface area contributed by atoms with E-state index >= 15 is 0 Å². The second-order valence-electron chi connectivity index (χ2n) is 3.00. The predicted octanol–water partition coefficient (Wildman–Crippen LogP) is 1.93. The van der Waals surface area contributed by atoms with Gasteiger partial charge in [0.15, 0.2) is 15.1 Å². The molecule has 0 aromatic heterocycles. The van der Waals surface area contributed by atoms with Crippen molar-refractivity contribution in [2.75, 3.05) is 0 Å². The van der Waals surface area contributed by atoms with Gasteiger partial charge in [0.1, 0.15) is 0 Å². The highest BCUT2D eigenvalue weighted by atomic mass is 32.2. The molecule has 1 atom stereocenters. The molecule has 1 aromatic rings. The predicted molar refractivity (Wildman–Crippen MR) is 57.8 cm³/mol. The number of benzene rings is 1. The van der Waals surface area contributed by atoms with Crippen LogP contribution in [0.15, 0.2) is 47.9 Å². The van der Waals surface area contributed by atoms with Crippen LogP contribution < -0.4 is 0 Å². The summed E-state index contributed by atoms with van der Waals surface area (Å²) in [4.78, 5) is 0.179. The average molecular weight is 221 g/mol. The SMILES string of the molecule is C=CCC(C#N)S(=O)(=O)c1ccccc1. The smallest absolute Gasteiger partial charge is 0.194 e. The topological polar surface area (TPSA) is 57.9 Å². The van der Waals surface area contributed by atoms with Crippen molar-refractivity contribution in [2.24, 2.45) is 0 Å². The average Bonchev–Trinajstić information content (AvgIpc) is 2.27. The summed E-state index contributed by atoms with van der Waals surface area (Å²) < 4.78 is 23.8. The lowest BCUT2D eigenvalue weighted by molar-refractivity contribution is 0.589. The standard InChI is InChI=1S/C11H11NO2S/c1-2-6-11(9-12)15(13,14)10-7-4-3-5-8-10/h2-5,7-8,11H,1,6H2. The number of rotatable bonds is 4. The maximum Gasteiger partial charge on any atom is 0.194 e. The Balaban J connectivity index is 3.14. The van der Waals surface area contributed by atoms with Crippen LogP contribution in [0.2, 0.25) is 0 Å². The number of nitrogens with zero attached hydrogens (tertiary/aromatic N) is 1. The normalized spacial score (nSPS) is 12.7. The van der Waals surface area contributed by atoms with Crippen LogP contribution in [0.5, 0.6) is 0 Å². The molecule has 1 rings (SSSR count). The summed E-state index contributed by atoms with van der Waals surface area (Å²) in [6, 6.07) is 9.76. The third-order valence-electron chi connectivity index (χ3n) is 1.97. The minimum Gasteiger partial charge on any atom is -0.222 e. The maximum atomic E-state index is 11.9. The highest BCUT2D eigenvalue weighted by Crippen LogP contribution is 2.17. The summed E-state index contributed by atoms with van der Waals surface area (Å²) in [6.07, 6.45) is 1.59. The Kier molecular flexibility index (Phi) is 3.64. The van der Waals surface area contributed by atoms with E-state index in [1.165, 1.54) is 18.2 Å². The van der Waals surface area contributed by atoms with Crippen LogP contribution in [-0.2, 0) is 9.84 Å². The molecule has 1 aromatic carbocycles. The van der Waals surface area contributed by atoms with Crippen molar-refractivity contribution in [3.63, 3.8) is 0 Å². The van der Waals surface area contributed by atoms with Gasteiger partial charge in [-0.25, -0.2) is 8.42 Å². The van der Waals surface area contributed by atoms with Crippen LogP contribution in [0, 0.1) is 11.3 Å². The molecule has 0 saturated heterocycles. The van der Waals surface area contributed by atoms with E-state index in [9.17, 15) is 8.42 Å².